The molecule has 1 aliphatic heterocycles. The Morgan fingerprint density at radius 1 is 1.25 bits per heavy atom. The number of hydrogen-bond donors (Lipinski definition) is 2. The van der Waals surface area contributed by atoms with Crippen LogP contribution >= 0.6 is 0 Å². The molecule has 0 aromatic rings. The summed E-state index contributed by atoms with van der Waals surface area (Å²) in [6.07, 6.45) is 0. The van der Waals surface area contributed by atoms with Gasteiger partial charge < -0.3 is 20.3 Å². The lowest BCUT2D eigenvalue weighted by Gasteiger charge is -2.34. The molecular weight excluding hydrogens is 254 g/mol. The van der Waals surface area contributed by atoms with Gasteiger partial charge >= 0.3 is 0 Å². The lowest BCUT2D eigenvalue weighted by atomic mass is 10.3. The lowest BCUT2D eigenvalue weighted by Crippen LogP contribution is -2.50. The Bertz CT molecular complexity index is 277. The maximum Gasteiger partial charge on any atom is 0.191 e. The van der Waals surface area contributed by atoms with E-state index in [2.05, 4.69) is 39.3 Å². The van der Waals surface area contributed by atoms with Gasteiger partial charge in [0.05, 0.1) is 6.61 Å². The number of nitrogens with zero attached hydrogens (tertiary/aromatic N) is 3. The van der Waals surface area contributed by atoms with Crippen LogP contribution in [0.15, 0.2) is 4.99 Å². The highest BCUT2D eigenvalue weighted by molar-refractivity contribution is 5.79. The minimum absolute atomic E-state index is 0.263. The van der Waals surface area contributed by atoms with Crippen molar-refractivity contribution in [2.75, 3.05) is 66.6 Å². The highest BCUT2D eigenvalue weighted by atomic mass is 16.5. The average molecular weight is 285 g/mol. The molecule has 1 heterocycles. The van der Waals surface area contributed by atoms with Crippen molar-refractivity contribution in [2.45, 2.75) is 19.9 Å². The molecule has 0 bridgehead atoms. The van der Waals surface area contributed by atoms with Crippen LogP contribution in [0.3, 0.4) is 0 Å². The number of guanidine groups is 1. The summed E-state index contributed by atoms with van der Waals surface area (Å²) in [6, 6.07) is 0.263. The Hall–Kier alpha value is -0.850. The predicted octanol–water partition coefficient (Wildman–Crippen LogP) is -0.176. The standard InChI is InChI=1S/C14H31N5O/c1-5-18-8-10-19(11-9-18)7-6-16-14(15-3)17-13(2)12-20-4/h13H,5-12H2,1-4H3,(H2,15,16,17). The molecule has 1 unspecified atom stereocenters. The molecule has 0 aromatic heterocycles. The molecule has 2 N–H and O–H groups in total. The molecule has 0 aromatic carbocycles. The zero-order valence-corrected chi connectivity index (χ0v) is 13.5. The van der Waals surface area contributed by atoms with Crippen molar-refractivity contribution in [3.63, 3.8) is 0 Å². The summed E-state index contributed by atoms with van der Waals surface area (Å²) in [7, 11) is 3.51. The second kappa shape index (κ2) is 9.96. The van der Waals surface area contributed by atoms with Crippen LogP contribution in [0.2, 0.25) is 0 Å². The molecule has 1 saturated heterocycles. The number of rotatable bonds is 7. The van der Waals surface area contributed by atoms with Crippen LogP contribution < -0.4 is 10.6 Å². The lowest BCUT2D eigenvalue weighted by molar-refractivity contribution is 0.139. The van der Waals surface area contributed by atoms with Gasteiger partial charge in [-0.25, -0.2) is 0 Å². The molecule has 1 rings (SSSR count). The maximum atomic E-state index is 5.11. The highest BCUT2D eigenvalue weighted by Gasteiger charge is 2.14. The van der Waals surface area contributed by atoms with E-state index in [0.717, 1.165) is 19.0 Å². The van der Waals surface area contributed by atoms with Crippen LogP contribution in [0.25, 0.3) is 0 Å². The third kappa shape index (κ3) is 6.54. The smallest absolute Gasteiger partial charge is 0.191 e. The highest BCUT2D eigenvalue weighted by Crippen LogP contribution is 1.99. The van der Waals surface area contributed by atoms with Crippen molar-refractivity contribution in [3.05, 3.63) is 0 Å². The first-order valence-corrected chi connectivity index (χ1v) is 7.60. The minimum Gasteiger partial charge on any atom is -0.383 e. The van der Waals surface area contributed by atoms with Crippen molar-refractivity contribution < 1.29 is 4.74 Å². The van der Waals surface area contributed by atoms with E-state index in [1.807, 2.05) is 0 Å². The fourth-order valence-corrected chi connectivity index (χ4v) is 2.38. The van der Waals surface area contributed by atoms with Crippen LogP contribution in [-0.2, 0) is 4.74 Å². The van der Waals surface area contributed by atoms with Gasteiger partial charge in [-0.3, -0.25) is 9.89 Å². The number of ether oxygens (including phenoxy) is 1. The molecule has 0 spiro atoms. The first-order valence-electron chi connectivity index (χ1n) is 7.60. The fourth-order valence-electron chi connectivity index (χ4n) is 2.38. The normalized spacial score (nSPS) is 19.9. The van der Waals surface area contributed by atoms with E-state index in [-0.39, 0.29) is 6.04 Å². The van der Waals surface area contributed by atoms with Gasteiger partial charge in [0, 0.05) is 59.5 Å². The number of aliphatic imine (C=N–C) groups is 1. The Labute approximate surface area is 123 Å². The molecule has 0 radical (unpaired) electrons. The molecule has 118 valence electrons. The van der Waals surface area contributed by atoms with Gasteiger partial charge in [0.15, 0.2) is 5.96 Å². The molecule has 1 fully saturated rings. The molecule has 1 aliphatic rings. The monoisotopic (exact) mass is 285 g/mol. The van der Waals surface area contributed by atoms with E-state index in [1.54, 1.807) is 14.2 Å². The average Bonchev–Trinajstić information content (AvgIpc) is 2.47. The van der Waals surface area contributed by atoms with E-state index < -0.39 is 0 Å². The van der Waals surface area contributed by atoms with Gasteiger partial charge in [-0.15, -0.1) is 0 Å². The first kappa shape index (κ1) is 17.2. The SMILES string of the molecule is CCN1CCN(CCNC(=NC)NC(C)COC)CC1. The predicted molar refractivity (Wildman–Crippen MR) is 84.4 cm³/mol. The van der Waals surface area contributed by atoms with E-state index in [0.29, 0.717) is 6.61 Å². The first-order chi connectivity index (χ1) is 9.69. The fraction of sp³-hybridized carbons (Fsp3) is 0.929. The molecule has 0 saturated carbocycles. The van der Waals surface area contributed by atoms with Gasteiger partial charge in [-0.2, -0.15) is 0 Å². The second-order valence-corrected chi connectivity index (χ2v) is 5.28. The Balaban J connectivity index is 2.16. The topological polar surface area (TPSA) is 52.1 Å². The van der Waals surface area contributed by atoms with Gasteiger partial charge in [0.2, 0.25) is 0 Å². The third-order valence-corrected chi connectivity index (χ3v) is 3.66. The van der Waals surface area contributed by atoms with E-state index in [9.17, 15) is 0 Å². The summed E-state index contributed by atoms with van der Waals surface area (Å²) in [5.41, 5.74) is 0. The number of hydrogen-bond acceptors (Lipinski definition) is 4. The van der Waals surface area contributed by atoms with Crippen LogP contribution in [0, 0.1) is 0 Å². The molecular formula is C14H31N5O. The van der Waals surface area contributed by atoms with Gasteiger partial charge in [-0.1, -0.05) is 6.92 Å². The van der Waals surface area contributed by atoms with Gasteiger partial charge in [-0.05, 0) is 13.5 Å². The minimum atomic E-state index is 0.263. The van der Waals surface area contributed by atoms with Crippen molar-refractivity contribution in [1.82, 2.24) is 20.4 Å². The molecule has 6 nitrogen and oxygen atoms in total. The summed E-state index contributed by atoms with van der Waals surface area (Å²) in [4.78, 5) is 9.23. The molecule has 0 aliphatic carbocycles. The van der Waals surface area contributed by atoms with E-state index in [4.69, 9.17) is 4.74 Å². The van der Waals surface area contributed by atoms with Crippen LogP contribution in [0.1, 0.15) is 13.8 Å². The van der Waals surface area contributed by atoms with Gasteiger partial charge in [0.1, 0.15) is 0 Å². The Morgan fingerprint density at radius 2 is 1.90 bits per heavy atom. The summed E-state index contributed by atoms with van der Waals surface area (Å²) < 4.78 is 5.11. The van der Waals surface area contributed by atoms with Crippen molar-refractivity contribution >= 4 is 5.96 Å². The van der Waals surface area contributed by atoms with Crippen molar-refractivity contribution in [1.29, 1.82) is 0 Å². The number of piperazine rings is 1. The van der Waals surface area contributed by atoms with Crippen molar-refractivity contribution in [2.24, 2.45) is 4.99 Å². The maximum absolute atomic E-state index is 5.11. The molecule has 20 heavy (non-hydrogen) atoms. The number of methoxy groups -OCH3 is 1. The summed E-state index contributed by atoms with van der Waals surface area (Å²) in [6.45, 7) is 12.9. The second-order valence-electron chi connectivity index (χ2n) is 5.28. The zero-order chi connectivity index (χ0) is 14.8. The zero-order valence-electron chi connectivity index (χ0n) is 13.5. The third-order valence-electron chi connectivity index (χ3n) is 3.66. The summed E-state index contributed by atoms with van der Waals surface area (Å²) >= 11 is 0. The van der Waals surface area contributed by atoms with Crippen LogP contribution in [0.5, 0.6) is 0 Å². The van der Waals surface area contributed by atoms with Crippen LogP contribution in [-0.4, -0.2) is 88.4 Å². The Morgan fingerprint density at radius 3 is 2.45 bits per heavy atom. The quantitative estimate of drug-likeness (QED) is 0.502. The number of nitrogens with one attached hydrogen (secondary N) is 2. The van der Waals surface area contributed by atoms with E-state index in [1.165, 1.54) is 32.7 Å². The molecule has 0 amide bonds. The summed E-state index contributed by atoms with van der Waals surface area (Å²) in [5.74, 6) is 0.849. The molecule has 1 atom stereocenters. The largest absolute Gasteiger partial charge is 0.383 e. The van der Waals surface area contributed by atoms with Gasteiger partial charge in [0.25, 0.3) is 0 Å². The molecule has 6 heteroatoms. The van der Waals surface area contributed by atoms with Crippen LogP contribution in [0.4, 0.5) is 0 Å². The summed E-state index contributed by atoms with van der Waals surface area (Å²) in [5, 5.41) is 6.67. The Kier molecular flexibility index (Phi) is 8.57. The van der Waals surface area contributed by atoms with E-state index >= 15 is 0 Å². The number of likely N-dealkylation sites (N-methyl/N-ethyl adjacent to an activating group) is 1. The van der Waals surface area contributed by atoms with Crippen molar-refractivity contribution in [3.8, 4) is 0 Å².